The maximum atomic E-state index is 3.62. The molecule has 2 fully saturated rings. The minimum absolute atomic E-state index is 0.792. The van der Waals surface area contributed by atoms with E-state index in [2.05, 4.69) is 17.1 Å². The second-order valence-corrected chi connectivity index (χ2v) is 4.52. The molecule has 13 heavy (non-hydrogen) atoms. The standard InChI is InChI=1S/C11H22N2/c1-2-7-12-10-6-8-13(9-10)11-4-3-5-11/h10-12H,2-9H2,1H3. The molecule has 1 aliphatic carbocycles. The Morgan fingerprint density at radius 1 is 1.31 bits per heavy atom. The lowest BCUT2D eigenvalue weighted by Crippen LogP contribution is -2.41. The van der Waals surface area contributed by atoms with Crippen LogP contribution in [-0.4, -0.2) is 36.6 Å². The molecule has 2 heteroatoms. The van der Waals surface area contributed by atoms with Gasteiger partial charge < -0.3 is 5.32 Å². The third-order valence-corrected chi connectivity index (χ3v) is 3.49. The fraction of sp³-hybridized carbons (Fsp3) is 1.00. The van der Waals surface area contributed by atoms with Gasteiger partial charge in [-0.05, 0) is 32.2 Å². The molecule has 0 spiro atoms. The summed E-state index contributed by atoms with van der Waals surface area (Å²) < 4.78 is 0. The van der Waals surface area contributed by atoms with E-state index in [4.69, 9.17) is 0 Å². The van der Waals surface area contributed by atoms with E-state index in [-0.39, 0.29) is 0 Å². The van der Waals surface area contributed by atoms with Gasteiger partial charge in [0.1, 0.15) is 0 Å². The quantitative estimate of drug-likeness (QED) is 0.710. The molecule has 0 amide bonds. The Hall–Kier alpha value is -0.0800. The molecule has 1 N–H and O–H groups in total. The zero-order valence-corrected chi connectivity index (χ0v) is 8.76. The van der Waals surface area contributed by atoms with Crippen molar-refractivity contribution in [1.82, 2.24) is 10.2 Å². The number of hydrogen-bond donors (Lipinski definition) is 1. The molecular formula is C11H22N2. The molecule has 0 aromatic carbocycles. The third kappa shape index (κ3) is 2.23. The molecule has 1 atom stereocenters. The Kier molecular flexibility index (Phi) is 3.23. The highest BCUT2D eigenvalue weighted by molar-refractivity contribution is 4.88. The number of likely N-dealkylation sites (tertiary alicyclic amines) is 1. The molecule has 1 heterocycles. The zero-order valence-electron chi connectivity index (χ0n) is 8.76. The maximum absolute atomic E-state index is 3.62. The van der Waals surface area contributed by atoms with Gasteiger partial charge in [0, 0.05) is 25.2 Å². The highest BCUT2D eigenvalue weighted by Crippen LogP contribution is 2.27. The van der Waals surface area contributed by atoms with E-state index in [1.165, 1.54) is 51.7 Å². The van der Waals surface area contributed by atoms with Gasteiger partial charge >= 0.3 is 0 Å². The number of rotatable bonds is 4. The predicted molar refractivity (Wildman–Crippen MR) is 55.9 cm³/mol. The van der Waals surface area contributed by atoms with Crippen molar-refractivity contribution in [2.75, 3.05) is 19.6 Å². The van der Waals surface area contributed by atoms with Gasteiger partial charge in [0.2, 0.25) is 0 Å². The first-order valence-corrected chi connectivity index (χ1v) is 5.87. The van der Waals surface area contributed by atoms with Crippen molar-refractivity contribution >= 4 is 0 Å². The summed E-state index contributed by atoms with van der Waals surface area (Å²) >= 11 is 0. The fourth-order valence-electron chi connectivity index (χ4n) is 2.39. The van der Waals surface area contributed by atoms with Gasteiger partial charge in [0.05, 0.1) is 0 Å². The van der Waals surface area contributed by atoms with Gasteiger partial charge in [-0.2, -0.15) is 0 Å². The Bertz CT molecular complexity index is 154. The fourth-order valence-corrected chi connectivity index (χ4v) is 2.39. The van der Waals surface area contributed by atoms with E-state index in [1.807, 2.05) is 0 Å². The topological polar surface area (TPSA) is 15.3 Å². The van der Waals surface area contributed by atoms with Crippen molar-refractivity contribution < 1.29 is 0 Å². The SMILES string of the molecule is CCCNC1CCN(C2CCC2)C1. The number of nitrogens with zero attached hydrogens (tertiary/aromatic N) is 1. The lowest BCUT2D eigenvalue weighted by atomic mass is 9.92. The van der Waals surface area contributed by atoms with Crippen LogP contribution in [0.25, 0.3) is 0 Å². The molecule has 0 bridgehead atoms. The summed E-state index contributed by atoms with van der Waals surface area (Å²) in [5.74, 6) is 0. The maximum Gasteiger partial charge on any atom is 0.0207 e. The summed E-state index contributed by atoms with van der Waals surface area (Å²) in [4.78, 5) is 2.69. The highest BCUT2D eigenvalue weighted by Gasteiger charge is 2.30. The Morgan fingerprint density at radius 2 is 2.15 bits per heavy atom. The van der Waals surface area contributed by atoms with Crippen LogP contribution in [0.4, 0.5) is 0 Å². The smallest absolute Gasteiger partial charge is 0.0207 e. The lowest BCUT2D eigenvalue weighted by molar-refractivity contribution is 0.155. The summed E-state index contributed by atoms with van der Waals surface area (Å²) in [5.41, 5.74) is 0. The molecule has 0 aromatic heterocycles. The van der Waals surface area contributed by atoms with E-state index < -0.39 is 0 Å². The van der Waals surface area contributed by atoms with Crippen molar-refractivity contribution in [1.29, 1.82) is 0 Å². The van der Waals surface area contributed by atoms with E-state index in [0.29, 0.717) is 0 Å². The normalized spacial score (nSPS) is 30.7. The van der Waals surface area contributed by atoms with Crippen LogP contribution < -0.4 is 5.32 Å². The van der Waals surface area contributed by atoms with E-state index in [0.717, 1.165) is 12.1 Å². The minimum atomic E-state index is 0.792. The number of hydrogen-bond acceptors (Lipinski definition) is 2. The van der Waals surface area contributed by atoms with Gasteiger partial charge in [0.25, 0.3) is 0 Å². The first-order valence-electron chi connectivity index (χ1n) is 5.87. The average molecular weight is 182 g/mol. The molecule has 76 valence electrons. The van der Waals surface area contributed by atoms with Gasteiger partial charge in [-0.3, -0.25) is 4.90 Å². The molecule has 1 aliphatic heterocycles. The van der Waals surface area contributed by atoms with E-state index >= 15 is 0 Å². The van der Waals surface area contributed by atoms with E-state index in [1.54, 1.807) is 0 Å². The van der Waals surface area contributed by atoms with Gasteiger partial charge in [-0.1, -0.05) is 13.3 Å². The average Bonchev–Trinajstić information content (AvgIpc) is 2.46. The largest absolute Gasteiger partial charge is 0.313 e. The summed E-state index contributed by atoms with van der Waals surface area (Å²) in [7, 11) is 0. The molecule has 1 unspecified atom stereocenters. The molecule has 0 radical (unpaired) electrons. The summed E-state index contributed by atoms with van der Waals surface area (Å²) in [6, 6.07) is 1.74. The van der Waals surface area contributed by atoms with Gasteiger partial charge in [0.15, 0.2) is 0 Å². The predicted octanol–water partition coefficient (Wildman–Crippen LogP) is 1.61. The lowest BCUT2D eigenvalue weighted by Gasteiger charge is -2.34. The van der Waals surface area contributed by atoms with Crippen LogP contribution in [0, 0.1) is 0 Å². The minimum Gasteiger partial charge on any atom is -0.313 e. The van der Waals surface area contributed by atoms with Crippen molar-refractivity contribution in [2.24, 2.45) is 0 Å². The van der Waals surface area contributed by atoms with Crippen molar-refractivity contribution in [3.05, 3.63) is 0 Å². The Morgan fingerprint density at radius 3 is 2.77 bits per heavy atom. The van der Waals surface area contributed by atoms with Crippen LogP contribution >= 0.6 is 0 Å². The molecule has 2 nitrogen and oxygen atoms in total. The molecule has 0 aromatic rings. The van der Waals surface area contributed by atoms with Crippen molar-refractivity contribution in [2.45, 2.75) is 51.1 Å². The van der Waals surface area contributed by atoms with Crippen LogP contribution in [0.2, 0.25) is 0 Å². The Labute approximate surface area is 81.7 Å². The van der Waals surface area contributed by atoms with Crippen LogP contribution in [-0.2, 0) is 0 Å². The second-order valence-electron chi connectivity index (χ2n) is 4.52. The molecule has 2 rings (SSSR count). The van der Waals surface area contributed by atoms with Crippen LogP contribution in [0.5, 0.6) is 0 Å². The van der Waals surface area contributed by atoms with E-state index in [9.17, 15) is 0 Å². The summed E-state index contributed by atoms with van der Waals surface area (Å²) in [6.07, 6.45) is 7.02. The van der Waals surface area contributed by atoms with Crippen LogP contribution in [0.1, 0.15) is 39.0 Å². The molecule has 1 saturated heterocycles. The van der Waals surface area contributed by atoms with Crippen LogP contribution in [0.15, 0.2) is 0 Å². The van der Waals surface area contributed by atoms with Crippen molar-refractivity contribution in [3.63, 3.8) is 0 Å². The monoisotopic (exact) mass is 182 g/mol. The molecule has 2 aliphatic rings. The first kappa shape index (κ1) is 9.47. The first-order chi connectivity index (χ1) is 6.40. The summed E-state index contributed by atoms with van der Waals surface area (Å²) in [6.45, 7) is 6.09. The summed E-state index contributed by atoms with van der Waals surface area (Å²) in [5, 5.41) is 3.62. The molecular weight excluding hydrogens is 160 g/mol. The number of nitrogens with one attached hydrogen (secondary N) is 1. The van der Waals surface area contributed by atoms with Crippen LogP contribution in [0.3, 0.4) is 0 Å². The molecule has 1 saturated carbocycles. The second kappa shape index (κ2) is 4.43. The van der Waals surface area contributed by atoms with Crippen molar-refractivity contribution in [3.8, 4) is 0 Å². The van der Waals surface area contributed by atoms with Gasteiger partial charge in [-0.15, -0.1) is 0 Å². The zero-order chi connectivity index (χ0) is 9.10. The third-order valence-electron chi connectivity index (χ3n) is 3.49. The Balaban J connectivity index is 1.67. The van der Waals surface area contributed by atoms with Gasteiger partial charge in [-0.25, -0.2) is 0 Å². The highest BCUT2D eigenvalue weighted by atomic mass is 15.2.